The molecule has 0 radical (unpaired) electrons. The van der Waals surface area contributed by atoms with Gasteiger partial charge in [-0.2, -0.15) is 26.3 Å². The summed E-state index contributed by atoms with van der Waals surface area (Å²) in [5, 5.41) is 14.9. The fourth-order valence-electron chi connectivity index (χ4n) is 4.15. The summed E-state index contributed by atoms with van der Waals surface area (Å²) in [6.45, 7) is 6.74. The van der Waals surface area contributed by atoms with Gasteiger partial charge >= 0.3 is 18.3 Å². The topological polar surface area (TPSA) is 80.1 Å². The van der Waals surface area contributed by atoms with Crippen LogP contribution in [0.1, 0.15) is 37.8 Å². The van der Waals surface area contributed by atoms with Gasteiger partial charge in [-0.1, -0.05) is 0 Å². The molecule has 2 aromatic rings. The van der Waals surface area contributed by atoms with Crippen LogP contribution in [0, 0.1) is 0 Å². The van der Waals surface area contributed by atoms with Gasteiger partial charge in [-0.15, -0.1) is 0 Å². The van der Waals surface area contributed by atoms with Crippen LogP contribution in [0.4, 0.5) is 37.7 Å². The van der Waals surface area contributed by atoms with Gasteiger partial charge < -0.3 is 28.6 Å². The number of quaternary nitrogens is 1. The van der Waals surface area contributed by atoms with Gasteiger partial charge in [0.25, 0.3) is 0 Å². The molecule has 7 nitrogen and oxygen atoms in total. The molecule has 0 spiro atoms. The molecular weight excluding hydrogens is 600 g/mol. The zero-order valence-electron chi connectivity index (χ0n) is 23.1. The summed E-state index contributed by atoms with van der Waals surface area (Å²) < 4.78 is 78.9. The Labute approximate surface area is 251 Å². The number of hydrogen-bond donors (Lipinski definition) is 5. The number of nitrogens with two attached hydrogens (primary N) is 1. The van der Waals surface area contributed by atoms with Crippen LogP contribution in [0.3, 0.4) is 0 Å². The molecule has 0 aliphatic carbocycles. The molecule has 1 aliphatic rings. The number of rotatable bonds is 8. The lowest BCUT2D eigenvalue weighted by atomic mass is 10.2. The summed E-state index contributed by atoms with van der Waals surface area (Å²) in [6, 6.07) is 8.94. The first-order valence-electron chi connectivity index (χ1n) is 13.3. The van der Waals surface area contributed by atoms with Crippen LogP contribution in [0.25, 0.3) is 0 Å². The van der Waals surface area contributed by atoms with E-state index in [1.165, 1.54) is 24.3 Å². The van der Waals surface area contributed by atoms with E-state index in [1.54, 1.807) is 0 Å². The Hall–Kier alpha value is -3.17. The molecule has 1 heterocycles. The highest BCUT2D eigenvalue weighted by Gasteiger charge is 2.31. The molecule has 3 rings (SSSR count). The Bertz CT molecular complexity index is 1240. The van der Waals surface area contributed by atoms with E-state index < -0.39 is 23.5 Å². The Morgan fingerprint density at radius 2 is 1.40 bits per heavy atom. The van der Waals surface area contributed by atoms with Crippen LogP contribution in [-0.2, 0) is 25.0 Å². The molecule has 0 aromatic heterocycles. The average molecular weight is 635 g/mol. The molecule has 1 saturated heterocycles. The highest BCUT2D eigenvalue weighted by atomic mass is 32.1. The zero-order valence-corrected chi connectivity index (χ0v) is 24.7. The van der Waals surface area contributed by atoms with Crippen molar-refractivity contribution in [3.05, 3.63) is 59.7 Å². The van der Waals surface area contributed by atoms with Crippen LogP contribution in [0.2, 0.25) is 0 Å². The molecule has 6 N–H and O–H groups in total. The highest BCUT2D eigenvalue weighted by Crippen LogP contribution is 2.30. The van der Waals surface area contributed by atoms with Crippen molar-refractivity contribution in [2.45, 2.75) is 51.1 Å². The third kappa shape index (κ3) is 10.9. The Balaban J connectivity index is 1.49. The number of benzene rings is 2. The lowest BCUT2D eigenvalue weighted by molar-refractivity contribution is -0.634. The molecule has 0 amide bonds. The molecule has 1 fully saturated rings. The molecule has 0 saturated carbocycles. The number of amidine groups is 1. The molecule has 0 bridgehead atoms. The number of nitrogens with one attached hydrogen (secondary N) is 4. The molecular formula is C27H34F6N7S2+. The van der Waals surface area contributed by atoms with Gasteiger partial charge in [-0.05, 0) is 92.6 Å². The third-order valence-corrected chi connectivity index (χ3v) is 6.77. The maximum atomic E-state index is 12.8. The predicted octanol–water partition coefficient (Wildman–Crippen LogP) is 4.12. The number of aliphatic imine (C=N–C) groups is 1. The smallest absolute Gasteiger partial charge is 0.440 e. The van der Waals surface area contributed by atoms with E-state index in [0.717, 1.165) is 56.2 Å². The normalized spacial score (nSPS) is 15.6. The van der Waals surface area contributed by atoms with Gasteiger partial charge in [0, 0.05) is 11.4 Å². The van der Waals surface area contributed by atoms with Crippen molar-refractivity contribution in [2.75, 3.05) is 36.8 Å². The van der Waals surface area contributed by atoms with E-state index in [1.807, 2.05) is 13.8 Å². The van der Waals surface area contributed by atoms with Crippen LogP contribution >= 0.6 is 12.2 Å². The van der Waals surface area contributed by atoms with E-state index >= 15 is 0 Å². The molecule has 1 aliphatic heterocycles. The summed E-state index contributed by atoms with van der Waals surface area (Å²) in [6.07, 6.45) is -6.65. The summed E-state index contributed by atoms with van der Waals surface area (Å²) in [5.74, 6) is 0.950. The van der Waals surface area contributed by atoms with Crippen molar-refractivity contribution in [3.8, 4) is 0 Å². The monoisotopic (exact) mass is 634 g/mol. The minimum absolute atomic E-state index is 0.0681. The third-order valence-electron chi connectivity index (χ3n) is 6.34. The van der Waals surface area contributed by atoms with Gasteiger partial charge in [0.05, 0.1) is 36.3 Å². The molecule has 2 atom stereocenters. The molecule has 0 unspecified atom stereocenters. The zero-order chi connectivity index (χ0) is 30.9. The molecule has 42 heavy (non-hydrogen) atoms. The Morgan fingerprint density at radius 1 is 0.905 bits per heavy atom. The van der Waals surface area contributed by atoms with Crippen molar-refractivity contribution in [2.24, 2.45) is 4.99 Å². The van der Waals surface area contributed by atoms with Crippen LogP contribution < -0.4 is 26.6 Å². The Kier molecular flexibility index (Phi) is 11.8. The maximum absolute atomic E-state index is 12.8. The molecule has 15 heteroatoms. The van der Waals surface area contributed by atoms with E-state index in [-0.39, 0.29) is 17.3 Å². The first-order valence-corrected chi connectivity index (χ1v) is 14.1. The summed E-state index contributed by atoms with van der Waals surface area (Å²) >= 11 is 10.6. The van der Waals surface area contributed by atoms with Crippen LogP contribution in [0.5, 0.6) is 0 Å². The number of hydrogen-bond acceptors (Lipinski definition) is 3. The first-order chi connectivity index (χ1) is 19.7. The lowest BCUT2D eigenvalue weighted by Crippen LogP contribution is -2.95. The fraction of sp³-hybridized carbons (Fsp3) is 0.444. The largest absolute Gasteiger partial charge is 0.743 e. The molecule has 2 aromatic carbocycles. The quantitative estimate of drug-likeness (QED) is 0.0752. The number of guanidine groups is 1. The predicted molar refractivity (Wildman–Crippen MR) is 159 cm³/mol. The number of anilines is 2. The van der Waals surface area contributed by atoms with Crippen molar-refractivity contribution in [3.63, 3.8) is 0 Å². The summed E-state index contributed by atoms with van der Waals surface area (Å²) in [7, 11) is 0. The van der Waals surface area contributed by atoms with Gasteiger partial charge in [0.15, 0.2) is 5.11 Å². The van der Waals surface area contributed by atoms with Gasteiger partial charge in [-0.25, -0.2) is 15.2 Å². The van der Waals surface area contributed by atoms with Crippen LogP contribution in [-0.4, -0.2) is 59.1 Å². The summed E-state index contributed by atoms with van der Waals surface area (Å²) in [5.41, 5.74) is -0.601. The average Bonchev–Trinajstić information content (AvgIpc) is 3.43. The van der Waals surface area contributed by atoms with Crippen molar-refractivity contribution in [1.82, 2.24) is 10.6 Å². The van der Waals surface area contributed by atoms with E-state index in [2.05, 4.69) is 36.2 Å². The SMILES string of the molecule is C[C@@H](CNC([NH2+]C[C@H](C)NC(=S)Nc1ccc(C(F)(F)F)cc1)=[N+]1CCCC1)N=C([S-])Nc1ccc(C(F)(F)F)cc1. The number of thiocarbonyl (C=S) groups is 1. The maximum Gasteiger partial charge on any atom is 0.440 e. The second kappa shape index (κ2) is 14.8. The van der Waals surface area contributed by atoms with E-state index in [4.69, 9.17) is 24.8 Å². The molecule has 230 valence electrons. The van der Waals surface area contributed by atoms with Crippen molar-refractivity contribution >= 4 is 52.5 Å². The minimum atomic E-state index is -4.41. The highest BCUT2D eigenvalue weighted by molar-refractivity contribution is 7.80. The van der Waals surface area contributed by atoms with Crippen LogP contribution in [0.15, 0.2) is 53.5 Å². The lowest BCUT2D eigenvalue weighted by Gasteiger charge is -2.18. The second-order valence-electron chi connectivity index (χ2n) is 9.96. The van der Waals surface area contributed by atoms with Crippen molar-refractivity contribution in [1.29, 1.82) is 0 Å². The second-order valence-corrected chi connectivity index (χ2v) is 10.8. The summed E-state index contributed by atoms with van der Waals surface area (Å²) in [4.78, 5) is 4.43. The van der Waals surface area contributed by atoms with E-state index in [0.29, 0.717) is 29.6 Å². The van der Waals surface area contributed by atoms with Crippen molar-refractivity contribution < 1.29 is 36.2 Å². The minimum Gasteiger partial charge on any atom is -0.743 e. The first kappa shape index (κ1) is 33.3. The number of nitrogens with zero attached hydrogens (tertiary/aromatic N) is 2. The van der Waals surface area contributed by atoms with E-state index in [9.17, 15) is 26.3 Å². The standard InChI is InChI=1S/C27H33F6N7S2/c1-17(36-24(41)38-21-9-5-19(6-10-21)26(28,29)30)15-34-23(40-13-3-4-14-40)35-16-18(2)37-25(42)39-22-11-7-20(8-12-22)27(31,32)33/h5-12,17-18H,3-4,13-16H2,1-2H3,(H5,34,35,36,37,38,39,41,42)/p+1/t17-,18-/m0/s1. The van der Waals surface area contributed by atoms with Gasteiger partial charge in [0.2, 0.25) is 0 Å². The number of alkyl halides is 6. The fourth-order valence-corrected chi connectivity index (χ4v) is 4.77. The van der Waals surface area contributed by atoms with Gasteiger partial charge in [0.1, 0.15) is 13.1 Å². The number of halogens is 6. The van der Waals surface area contributed by atoms with Gasteiger partial charge in [-0.3, -0.25) is 4.99 Å². The Morgan fingerprint density at radius 3 is 1.90 bits per heavy atom.